The maximum atomic E-state index is 12.6. The van der Waals surface area contributed by atoms with E-state index in [1.54, 1.807) is 0 Å². The number of benzene rings is 1. The number of nitrogens with zero attached hydrogens (tertiary/aromatic N) is 5. The minimum Gasteiger partial charge on any atom is -0.378 e. The molecule has 0 unspecified atom stereocenters. The lowest BCUT2D eigenvalue weighted by molar-refractivity contribution is 0.0367. The number of morpholine rings is 1. The molecule has 0 spiro atoms. The molecule has 4 rings (SSSR count). The first-order valence-electron chi connectivity index (χ1n) is 10.4. The van der Waals surface area contributed by atoms with Crippen LogP contribution in [0.3, 0.4) is 0 Å². The monoisotopic (exact) mass is 399 g/mol. The van der Waals surface area contributed by atoms with Gasteiger partial charge in [-0.25, -0.2) is 4.79 Å². The number of amides is 2. The van der Waals surface area contributed by atoms with E-state index in [0.29, 0.717) is 63.6 Å². The lowest BCUT2D eigenvalue weighted by Gasteiger charge is -2.38. The number of ether oxygens (including phenoxy) is 1. The fourth-order valence-corrected chi connectivity index (χ4v) is 3.70. The fraction of sp³-hybridized carbons (Fsp3) is 0.571. The van der Waals surface area contributed by atoms with Gasteiger partial charge in [-0.1, -0.05) is 43.3 Å². The summed E-state index contributed by atoms with van der Waals surface area (Å²) in [5, 5.41) is 4.13. The van der Waals surface area contributed by atoms with E-state index in [-0.39, 0.29) is 6.03 Å². The molecular weight excluding hydrogens is 370 g/mol. The van der Waals surface area contributed by atoms with E-state index in [1.807, 2.05) is 21.9 Å². The molecule has 1 aromatic carbocycles. The maximum absolute atomic E-state index is 12.6. The van der Waals surface area contributed by atoms with Crippen molar-refractivity contribution in [3.63, 3.8) is 0 Å². The summed E-state index contributed by atoms with van der Waals surface area (Å²) in [6.07, 6.45) is 0. The second-order valence-electron chi connectivity index (χ2n) is 7.93. The SMILES string of the molecule is CC(C)c1ccc(-c2noc(CN3CCN(C(=O)N4CCOCC4)CC3)n2)cc1. The molecule has 29 heavy (non-hydrogen) atoms. The zero-order valence-electron chi connectivity index (χ0n) is 17.2. The molecular formula is C21H29N5O3. The molecule has 2 aliphatic rings. The van der Waals surface area contributed by atoms with Gasteiger partial charge in [0.25, 0.3) is 0 Å². The third-order valence-electron chi connectivity index (χ3n) is 5.59. The predicted molar refractivity (Wildman–Crippen MR) is 108 cm³/mol. The minimum absolute atomic E-state index is 0.123. The van der Waals surface area contributed by atoms with Gasteiger partial charge < -0.3 is 19.1 Å². The highest BCUT2D eigenvalue weighted by atomic mass is 16.5. The summed E-state index contributed by atoms with van der Waals surface area (Å²) in [4.78, 5) is 23.2. The van der Waals surface area contributed by atoms with Gasteiger partial charge in [0.1, 0.15) is 0 Å². The molecule has 2 aliphatic heterocycles. The normalized spacial score (nSPS) is 18.4. The third-order valence-corrected chi connectivity index (χ3v) is 5.59. The van der Waals surface area contributed by atoms with E-state index in [9.17, 15) is 4.79 Å². The van der Waals surface area contributed by atoms with E-state index in [1.165, 1.54) is 5.56 Å². The topological polar surface area (TPSA) is 74.9 Å². The summed E-state index contributed by atoms with van der Waals surface area (Å²) < 4.78 is 10.8. The van der Waals surface area contributed by atoms with E-state index >= 15 is 0 Å². The molecule has 0 bridgehead atoms. The molecule has 2 fully saturated rings. The molecule has 0 atom stereocenters. The molecule has 2 amide bonds. The van der Waals surface area contributed by atoms with Crippen LogP contribution in [0.1, 0.15) is 31.2 Å². The Balaban J connectivity index is 1.29. The number of hydrogen-bond donors (Lipinski definition) is 0. The van der Waals surface area contributed by atoms with E-state index in [0.717, 1.165) is 18.7 Å². The van der Waals surface area contributed by atoms with Crippen molar-refractivity contribution < 1.29 is 14.1 Å². The van der Waals surface area contributed by atoms with Crippen LogP contribution in [0, 0.1) is 0 Å². The van der Waals surface area contributed by atoms with Gasteiger partial charge in [-0.05, 0) is 11.5 Å². The van der Waals surface area contributed by atoms with Crippen molar-refractivity contribution in [2.45, 2.75) is 26.3 Å². The van der Waals surface area contributed by atoms with Crippen molar-refractivity contribution in [2.24, 2.45) is 0 Å². The molecule has 1 aromatic heterocycles. The molecule has 0 saturated carbocycles. The van der Waals surface area contributed by atoms with Gasteiger partial charge in [0.05, 0.1) is 19.8 Å². The standard InChI is InChI=1S/C21H29N5O3/c1-16(2)17-3-5-18(6-4-17)20-22-19(29-23-20)15-24-7-9-25(10-8-24)21(27)26-11-13-28-14-12-26/h3-6,16H,7-15H2,1-2H3. The smallest absolute Gasteiger partial charge is 0.320 e. The second-order valence-corrected chi connectivity index (χ2v) is 7.93. The number of hydrogen-bond acceptors (Lipinski definition) is 6. The Bertz CT molecular complexity index is 806. The van der Waals surface area contributed by atoms with Gasteiger partial charge in [-0.3, -0.25) is 4.90 Å². The molecule has 156 valence electrons. The molecule has 0 radical (unpaired) electrons. The molecule has 8 nitrogen and oxygen atoms in total. The van der Waals surface area contributed by atoms with Crippen molar-refractivity contribution in [3.05, 3.63) is 35.7 Å². The van der Waals surface area contributed by atoms with Crippen LogP contribution in [-0.4, -0.2) is 83.4 Å². The number of rotatable bonds is 4. The number of carbonyl (C=O) groups is 1. The van der Waals surface area contributed by atoms with Crippen molar-refractivity contribution in [1.29, 1.82) is 0 Å². The first-order chi connectivity index (χ1) is 14.1. The van der Waals surface area contributed by atoms with Crippen LogP contribution in [0.5, 0.6) is 0 Å². The number of carbonyl (C=O) groups excluding carboxylic acids is 1. The highest BCUT2D eigenvalue weighted by Gasteiger charge is 2.27. The lowest BCUT2D eigenvalue weighted by atomic mass is 10.0. The van der Waals surface area contributed by atoms with Gasteiger partial charge >= 0.3 is 6.03 Å². The van der Waals surface area contributed by atoms with Gasteiger partial charge in [-0.2, -0.15) is 4.98 Å². The van der Waals surface area contributed by atoms with Crippen LogP contribution in [0.15, 0.2) is 28.8 Å². The highest BCUT2D eigenvalue weighted by Crippen LogP contribution is 2.21. The largest absolute Gasteiger partial charge is 0.378 e. The summed E-state index contributed by atoms with van der Waals surface area (Å²) in [5.41, 5.74) is 2.26. The summed E-state index contributed by atoms with van der Waals surface area (Å²) in [7, 11) is 0. The van der Waals surface area contributed by atoms with Gasteiger partial charge in [0, 0.05) is 44.8 Å². The van der Waals surface area contributed by atoms with E-state index in [2.05, 4.69) is 41.0 Å². The zero-order valence-corrected chi connectivity index (χ0v) is 17.2. The number of urea groups is 1. The van der Waals surface area contributed by atoms with Crippen molar-refractivity contribution in [2.75, 3.05) is 52.5 Å². The first-order valence-corrected chi connectivity index (χ1v) is 10.4. The molecule has 8 heteroatoms. The number of piperazine rings is 1. The first kappa shape index (κ1) is 19.8. The molecule has 2 saturated heterocycles. The maximum Gasteiger partial charge on any atom is 0.320 e. The van der Waals surface area contributed by atoms with Crippen LogP contribution in [0.25, 0.3) is 11.4 Å². The van der Waals surface area contributed by atoms with Crippen LogP contribution in [0.2, 0.25) is 0 Å². The van der Waals surface area contributed by atoms with Crippen LogP contribution in [-0.2, 0) is 11.3 Å². The van der Waals surface area contributed by atoms with E-state index in [4.69, 9.17) is 9.26 Å². The Morgan fingerprint density at radius 1 is 1.00 bits per heavy atom. The molecule has 2 aromatic rings. The predicted octanol–water partition coefficient (Wildman–Crippen LogP) is 2.43. The summed E-state index contributed by atoms with van der Waals surface area (Å²) in [6.45, 7) is 10.6. The van der Waals surface area contributed by atoms with Gasteiger partial charge in [0.15, 0.2) is 0 Å². The van der Waals surface area contributed by atoms with Crippen LogP contribution < -0.4 is 0 Å². The molecule has 0 N–H and O–H groups in total. The zero-order chi connectivity index (χ0) is 20.2. The Morgan fingerprint density at radius 3 is 2.31 bits per heavy atom. The lowest BCUT2D eigenvalue weighted by Crippen LogP contribution is -2.54. The van der Waals surface area contributed by atoms with Gasteiger partial charge in [0.2, 0.25) is 11.7 Å². The Kier molecular flexibility index (Phi) is 6.10. The van der Waals surface area contributed by atoms with Gasteiger partial charge in [-0.15, -0.1) is 0 Å². The Hall–Kier alpha value is -2.45. The van der Waals surface area contributed by atoms with Crippen molar-refractivity contribution >= 4 is 6.03 Å². The molecule has 0 aliphatic carbocycles. The fourth-order valence-electron chi connectivity index (χ4n) is 3.70. The highest BCUT2D eigenvalue weighted by molar-refractivity contribution is 5.74. The summed E-state index contributed by atoms with van der Waals surface area (Å²) in [6, 6.07) is 8.43. The second kappa shape index (κ2) is 8.92. The third kappa shape index (κ3) is 4.76. The van der Waals surface area contributed by atoms with Crippen molar-refractivity contribution in [3.8, 4) is 11.4 Å². The minimum atomic E-state index is 0.123. The summed E-state index contributed by atoms with van der Waals surface area (Å²) in [5.74, 6) is 1.73. The van der Waals surface area contributed by atoms with Crippen LogP contribution >= 0.6 is 0 Å². The van der Waals surface area contributed by atoms with E-state index < -0.39 is 0 Å². The Labute approximate surface area is 171 Å². The summed E-state index contributed by atoms with van der Waals surface area (Å²) >= 11 is 0. The molecule has 3 heterocycles. The quantitative estimate of drug-likeness (QED) is 0.786. The average Bonchev–Trinajstić information content (AvgIpc) is 3.23. The number of aromatic nitrogens is 2. The Morgan fingerprint density at radius 2 is 1.66 bits per heavy atom. The van der Waals surface area contributed by atoms with Crippen molar-refractivity contribution in [1.82, 2.24) is 24.8 Å². The van der Waals surface area contributed by atoms with Crippen LogP contribution in [0.4, 0.5) is 4.79 Å². The average molecular weight is 399 g/mol.